The summed E-state index contributed by atoms with van der Waals surface area (Å²) in [4.78, 5) is 12.8. The van der Waals surface area contributed by atoms with Crippen LogP contribution >= 0.6 is 0 Å². The summed E-state index contributed by atoms with van der Waals surface area (Å²) in [7, 11) is 0. The topological polar surface area (TPSA) is 71.7 Å². The highest BCUT2D eigenvalue weighted by molar-refractivity contribution is 5.86. The molecule has 5 nitrogen and oxygen atoms in total. The minimum atomic E-state index is -0.489. The number of fused-ring (bicyclic) bond motifs is 1. The minimum Gasteiger partial charge on any atom is -0.494 e. The maximum Gasteiger partial charge on any atom is 0.254 e. The fourth-order valence-corrected chi connectivity index (χ4v) is 3.49. The van der Waals surface area contributed by atoms with Gasteiger partial charge < -0.3 is 14.9 Å². The number of benzene rings is 2. The molecule has 0 amide bonds. The third-order valence-electron chi connectivity index (χ3n) is 4.82. The van der Waals surface area contributed by atoms with Gasteiger partial charge in [0.05, 0.1) is 12.6 Å². The molecule has 0 aliphatic heterocycles. The molecule has 0 saturated heterocycles. The molecule has 1 heterocycles. The van der Waals surface area contributed by atoms with E-state index in [1.165, 1.54) is 10.6 Å². The third kappa shape index (κ3) is 3.69. The summed E-state index contributed by atoms with van der Waals surface area (Å²) < 4.78 is 7.11. The van der Waals surface area contributed by atoms with E-state index < -0.39 is 6.04 Å². The van der Waals surface area contributed by atoms with Crippen molar-refractivity contribution in [2.75, 3.05) is 13.2 Å². The first kappa shape index (κ1) is 19.0. The molecule has 0 aliphatic carbocycles. The summed E-state index contributed by atoms with van der Waals surface area (Å²) in [6.07, 6.45) is 1.14. The van der Waals surface area contributed by atoms with Gasteiger partial charge in [-0.1, -0.05) is 37.3 Å². The second-order valence-corrected chi connectivity index (χ2v) is 6.45. The van der Waals surface area contributed by atoms with Crippen molar-refractivity contribution < 1.29 is 14.9 Å². The summed E-state index contributed by atoms with van der Waals surface area (Å²) in [6, 6.07) is 14.1. The standard InChI is InChI=1S/C22H25NO4/c1-3-15-9-10-17(13-20(15)27-4-2)19(11-12-24)23-21(25)14-16-7-5-6-8-18(16)22(23)26/h5-10,13-14,19,24,26H,3-4,11-12H2,1-2H3. The van der Waals surface area contributed by atoms with Crippen LogP contribution in [-0.2, 0) is 6.42 Å². The molecule has 5 heteroatoms. The molecule has 1 atom stereocenters. The Morgan fingerprint density at radius 3 is 2.59 bits per heavy atom. The van der Waals surface area contributed by atoms with Gasteiger partial charge in [0.1, 0.15) is 5.75 Å². The van der Waals surface area contributed by atoms with Gasteiger partial charge in [-0.25, -0.2) is 0 Å². The Hall–Kier alpha value is -2.79. The summed E-state index contributed by atoms with van der Waals surface area (Å²) >= 11 is 0. The molecule has 142 valence electrons. The predicted molar refractivity (Wildman–Crippen MR) is 107 cm³/mol. The van der Waals surface area contributed by atoms with Crippen molar-refractivity contribution in [1.29, 1.82) is 0 Å². The highest BCUT2D eigenvalue weighted by Crippen LogP contribution is 2.32. The summed E-state index contributed by atoms with van der Waals surface area (Å²) in [6.45, 7) is 4.42. The van der Waals surface area contributed by atoms with Gasteiger partial charge in [0, 0.05) is 18.1 Å². The van der Waals surface area contributed by atoms with E-state index in [4.69, 9.17) is 4.74 Å². The first-order valence-electron chi connectivity index (χ1n) is 9.30. The average Bonchev–Trinajstić information content (AvgIpc) is 2.67. The quantitative estimate of drug-likeness (QED) is 0.669. The summed E-state index contributed by atoms with van der Waals surface area (Å²) in [5.74, 6) is 0.683. The molecule has 0 spiro atoms. The maximum absolute atomic E-state index is 12.8. The fraction of sp³-hybridized carbons (Fsp3) is 0.318. The lowest BCUT2D eigenvalue weighted by atomic mass is 9.99. The van der Waals surface area contributed by atoms with Crippen LogP contribution in [0.5, 0.6) is 11.6 Å². The molecule has 27 heavy (non-hydrogen) atoms. The van der Waals surface area contributed by atoms with Crippen molar-refractivity contribution in [3.8, 4) is 11.6 Å². The van der Waals surface area contributed by atoms with E-state index in [1.807, 2.05) is 37.3 Å². The van der Waals surface area contributed by atoms with Crippen LogP contribution < -0.4 is 10.3 Å². The zero-order valence-corrected chi connectivity index (χ0v) is 15.7. The van der Waals surface area contributed by atoms with Crippen molar-refractivity contribution in [2.45, 2.75) is 32.7 Å². The van der Waals surface area contributed by atoms with Crippen molar-refractivity contribution in [3.05, 3.63) is 70.0 Å². The molecule has 0 bridgehead atoms. The van der Waals surface area contributed by atoms with Gasteiger partial charge in [-0.2, -0.15) is 0 Å². The van der Waals surface area contributed by atoms with Crippen LogP contribution in [-0.4, -0.2) is 28.0 Å². The first-order valence-corrected chi connectivity index (χ1v) is 9.30. The van der Waals surface area contributed by atoms with Crippen LogP contribution in [0.2, 0.25) is 0 Å². The number of hydrogen-bond donors (Lipinski definition) is 2. The number of aromatic nitrogens is 1. The highest BCUT2D eigenvalue weighted by atomic mass is 16.5. The van der Waals surface area contributed by atoms with E-state index in [0.29, 0.717) is 23.8 Å². The fourth-order valence-electron chi connectivity index (χ4n) is 3.49. The van der Waals surface area contributed by atoms with Crippen molar-refractivity contribution in [2.24, 2.45) is 0 Å². The monoisotopic (exact) mass is 367 g/mol. The first-order chi connectivity index (χ1) is 13.1. The maximum atomic E-state index is 12.8. The van der Waals surface area contributed by atoms with E-state index in [9.17, 15) is 15.0 Å². The number of aliphatic hydroxyl groups is 1. The molecule has 3 aromatic rings. The number of aliphatic hydroxyl groups excluding tert-OH is 1. The van der Waals surface area contributed by atoms with E-state index in [2.05, 4.69) is 6.92 Å². The Bertz CT molecular complexity index is 993. The Kier molecular flexibility index (Phi) is 5.81. The Balaban J connectivity index is 2.18. The predicted octanol–water partition coefficient (Wildman–Crippen LogP) is 3.64. The van der Waals surface area contributed by atoms with Gasteiger partial charge in [-0.3, -0.25) is 9.36 Å². The van der Waals surface area contributed by atoms with Crippen molar-refractivity contribution in [3.63, 3.8) is 0 Å². The average molecular weight is 367 g/mol. The molecule has 1 aromatic heterocycles. The van der Waals surface area contributed by atoms with Crippen LogP contribution in [0.4, 0.5) is 0 Å². The molecular weight excluding hydrogens is 342 g/mol. The number of ether oxygens (including phenoxy) is 1. The molecule has 1 unspecified atom stereocenters. The third-order valence-corrected chi connectivity index (χ3v) is 4.82. The minimum absolute atomic E-state index is 0.0888. The zero-order chi connectivity index (χ0) is 19.4. The molecule has 3 rings (SSSR count). The lowest BCUT2D eigenvalue weighted by molar-refractivity contribution is 0.260. The Labute approximate surface area is 158 Å². The molecular formula is C22H25NO4. The van der Waals surface area contributed by atoms with Crippen LogP contribution in [0.15, 0.2) is 53.3 Å². The largest absolute Gasteiger partial charge is 0.494 e. The van der Waals surface area contributed by atoms with Gasteiger partial charge >= 0.3 is 0 Å². The highest BCUT2D eigenvalue weighted by Gasteiger charge is 2.21. The van der Waals surface area contributed by atoms with E-state index in [1.54, 1.807) is 12.1 Å². The molecule has 0 aliphatic rings. The Morgan fingerprint density at radius 2 is 1.89 bits per heavy atom. The van der Waals surface area contributed by atoms with Gasteiger partial charge in [0.15, 0.2) is 0 Å². The van der Waals surface area contributed by atoms with Crippen LogP contribution in [0.3, 0.4) is 0 Å². The van der Waals surface area contributed by atoms with Gasteiger partial charge in [-0.15, -0.1) is 0 Å². The molecule has 0 saturated carbocycles. The van der Waals surface area contributed by atoms with E-state index in [-0.39, 0.29) is 18.0 Å². The number of rotatable bonds is 7. The van der Waals surface area contributed by atoms with Crippen LogP contribution in [0, 0.1) is 0 Å². The Morgan fingerprint density at radius 1 is 1.11 bits per heavy atom. The smallest absolute Gasteiger partial charge is 0.254 e. The second-order valence-electron chi connectivity index (χ2n) is 6.45. The number of aromatic hydroxyl groups is 1. The van der Waals surface area contributed by atoms with Gasteiger partial charge in [0.2, 0.25) is 5.88 Å². The van der Waals surface area contributed by atoms with E-state index >= 15 is 0 Å². The number of nitrogens with zero attached hydrogens (tertiary/aromatic N) is 1. The number of pyridine rings is 1. The molecule has 2 N–H and O–H groups in total. The second kappa shape index (κ2) is 8.27. The van der Waals surface area contributed by atoms with Crippen molar-refractivity contribution in [1.82, 2.24) is 4.57 Å². The molecule has 0 fully saturated rings. The zero-order valence-electron chi connectivity index (χ0n) is 15.7. The lowest BCUT2D eigenvalue weighted by Crippen LogP contribution is -2.26. The van der Waals surface area contributed by atoms with Gasteiger partial charge in [-0.05, 0) is 48.4 Å². The van der Waals surface area contributed by atoms with Crippen molar-refractivity contribution >= 4 is 10.8 Å². The van der Waals surface area contributed by atoms with Crippen LogP contribution in [0.25, 0.3) is 10.8 Å². The summed E-state index contributed by atoms with van der Waals surface area (Å²) in [5, 5.41) is 21.7. The lowest BCUT2D eigenvalue weighted by Gasteiger charge is -2.23. The normalized spacial score (nSPS) is 12.3. The number of aryl methyl sites for hydroxylation is 1. The summed E-state index contributed by atoms with van der Waals surface area (Å²) in [5.41, 5.74) is 1.60. The van der Waals surface area contributed by atoms with Crippen LogP contribution in [0.1, 0.15) is 37.4 Å². The van der Waals surface area contributed by atoms with E-state index in [0.717, 1.165) is 23.3 Å². The molecule has 0 radical (unpaired) electrons. The molecule has 2 aromatic carbocycles. The number of hydrogen-bond acceptors (Lipinski definition) is 4. The van der Waals surface area contributed by atoms with Gasteiger partial charge in [0.25, 0.3) is 5.56 Å². The SMILES string of the molecule is CCOc1cc(C(CCO)n2c(O)c3ccccc3cc2=O)ccc1CC.